The highest BCUT2D eigenvalue weighted by atomic mass is 19.3. The summed E-state index contributed by atoms with van der Waals surface area (Å²) in [5.74, 6) is -1.03. The van der Waals surface area contributed by atoms with Gasteiger partial charge in [0.15, 0.2) is 11.5 Å². The Morgan fingerprint density at radius 3 is 2.65 bits per heavy atom. The van der Waals surface area contributed by atoms with Crippen molar-refractivity contribution in [1.29, 1.82) is 0 Å². The number of pyridine rings is 1. The number of benzene rings is 2. The molecule has 2 aromatic carbocycles. The molecule has 0 bridgehead atoms. The lowest BCUT2D eigenvalue weighted by atomic mass is 10.1. The zero-order valence-electron chi connectivity index (χ0n) is 20.1. The molecule has 2 amide bonds. The summed E-state index contributed by atoms with van der Waals surface area (Å²) in [6, 6.07) is 14.3. The van der Waals surface area contributed by atoms with Gasteiger partial charge >= 0.3 is 6.29 Å². The number of nitrogens with zero attached hydrogens (tertiary/aromatic N) is 1. The van der Waals surface area contributed by atoms with Crippen LogP contribution in [0, 0.1) is 0 Å². The summed E-state index contributed by atoms with van der Waals surface area (Å²) in [6.45, 7) is 3.80. The smallest absolute Gasteiger partial charge is 0.395 e. The van der Waals surface area contributed by atoms with Gasteiger partial charge in [-0.2, -0.15) is 0 Å². The third-order valence-electron chi connectivity index (χ3n) is 5.25. The minimum atomic E-state index is -3.74. The van der Waals surface area contributed by atoms with Crippen LogP contribution in [0.4, 0.5) is 20.2 Å². The molecule has 3 N–H and O–H groups in total. The summed E-state index contributed by atoms with van der Waals surface area (Å²) in [5.41, 5.74) is 2.21. The van der Waals surface area contributed by atoms with Crippen molar-refractivity contribution in [3.05, 3.63) is 77.6 Å². The van der Waals surface area contributed by atoms with E-state index in [1.54, 1.807) is 42.6 Å². The van der Waals surface area contributed by atoms with Gasteiger partial charge < -0.3 is 30.2 Å². The molecule has 0 saturated heterocycles. The molecule has 0 unspecified atom stereocenters. The van der Waals surface area contributed by atoms with Crippen LogP contribution in [-0.4, -0.2) is 42.9 Å². The molecule has 0 spiro atoms. The van der Waals surface area contributed by atoms with Crippen LogP contribution in [0.5, 0.6) is 11.5 Å². The molecule has 2 heterocycles. The maximum atomic E-state index is 13.3. The fourth-order valence-electron chi connectivity index (χ4n) is 3.54. The Labute approximate surface area is 212 Å². The van der Waals surface area contributed by atoms with E-state index in [0.717, 1.165) is 12.0 Å². The Morgan fingerprint density at radius 1 is 1.00 bits per heavy atom. The van der Waals surface area contributed by atoms with Crippen molar-refractivity contribution < 1.29 is 32.6 Å². The Bertz CT molecular complexity index is 1270. The number of hydrogen-bond donors (Lipinski definition) is 3. The van der Waals surface area contributed by atoms with Crippen molar-refractivity contribution in [1.82, 2.24) is 10.3 Å². The number of amides is 2. The number of rotatable bonds is 11. The van der Waals surface area contributed by atoms with E-state index in [1.807, 2.05) is 6.92 Å². The number of carbonyl (C=O) groups excluding carboxylic acids is 2. The number of aromatic nitrogens is 1. The molecule has 4 rings (SSSR count). The summed E-state index contributed by atoms with van der Waals surface area (Å²) in [4.78, 5) is 29.4. The van der Waals surface area contributed by atoms with Crippen LogP contribution in [0.2, 0.25) is 0 Å². The van der Waals surface area contributed by atoms with Crippen LogP contribution in [0.15, 0.2) is 60.8 Å². The number of hydrogen-bond acceptors (Lipinski definition) is 7. The van der Waals surface area contributed by atoms with Crippen LogP contribution in [-0.2, 0) is 11.3 Å². The van der Waals surface area contributed by atoms with Crippen molar-refractivity contribution in [2.45, 2.75) is 26.2 Å². The minimum Gasteiger partial charge on any atom is -0.395 e. The highest BCUT2D eigenvalue weighted by Gasteiger charge is 2.43. The molecule has 0 atom stereocenters. The molecule has 3 aromatic rings. The van der Waals surface area contributed by atoms with Crippen LogP contribution >= 0.6 is 0 Å². The molecule has 0 radical (unpaired) electrons. The predicted octanol–water partition coefficient (Wildman–Crippen LogP) is 4.42. The molecule has 1 aromatic heterocycles. The zero-order chi connectivity index (χ0) is 26.3. The maximum absolute atomic E-state index is 13.3. The fourth-order valence-corrected chi connectivity index (χ4v) is 3.54. The van der Waals surface area contributed by atoms with Gasteiger partial charge in [-0.1, -0.05) is 19.1 Å². The summed E-state index contributed by atoms with van der Waals surface area (Å²) >= 11 is 0. The first-order valence-corrected chi connectivity index (χ1v) is 11.7. The number of nitrogens with one attached hydrogen (secondary N) is 3. The first kappa shape index (κ1) is 25.8. The van der Waals surface area contributed by atoms with Crippen LogP contribution in [0.25, 0.3) is 0 Å². The Hall–Kier alpha value is -4.25. The predicted molar refractivity (Wildman–Crippen MR) is 132 cm³/mol. The molecule has 194 valence electrons. The lowest BCUT2D eigenvalue weighted by Crippen LogP contribution is -2.28. The average Bonchev–Trinajstić information content (AvgIpc) is 3.20. The summed E-state index contributed by atoms with van der Waals surface area (Å²) in [6.07, 6.45) is -1.28. The van der Waals surface area contributed by atoms with E-state index >= 15 is 0 Å². The van der Waals surface area contributed by atoms with Crippen molar-refractivity contribution in [2.75, 3.05) is 30.4 Å². The number of anilines is 2. The molecule has 0 fully saturated rings. The van der Waals surface area contributed by atoms with Crippen LogP contribution in [0.1, 0.15) is 39.8 Å². The highest BCUT2D eigenvalue weighted by molar-refractivity contribution is 6.08. The van der Waals surface area contributed by atoms with Gasteiger partial charge in [-0.25, -0.2) is 0 Å². The monoisotopic (exact) mass is 512 g/mol. The van der Waals surface area contributed by atoms with Crippen molar-refractivity contribution in [3.8, 4) is 11.5 Å². The second kappa shape index (κ2) is 11.7. The number of halogens is 2. The van der Waals surface area contributed by atoms with Gasteiger partial charge in [-0.05, 0) is 48.4 Å². The zero-order valence-corrected chi connectivity index (χ0v) is 20.1. The van der Waals surface area contributed by atoms with Gasteiger partial charge in [-0.3, -0.25) is 14.6 Å². The summed E-state index contributed by atoms with van der Waals surface area (Å²) in [5, 5.41) is 8.64. The summed E-state index contributed by atoms with van der Waals surface area (Å²) in [7, 11) is 0. The molecule has 1 aliphatic rings. The lowest BCUT2D eigenvalue weighted by Gasteiger charge is -2.13. The number of ether oxygens (including phenoxy) is 3. The molecule has 0 saturated carbocycles. The fraction of sp³-hybridized carbons (Fsp3) is 0.269. The van der Waals surface area contributed by atoms with E-state index in [4.69, 9.17) is 4.74 Å². The van der Waals surface area contributed by atoms with Gasteiger partial charge in [0.1, 0.15) is 5.69 Å². The SMILES string of the molecule is CCCOCCNC(=O)c1cc(CNc2ccccc2C(=O)Nc2ccc3c(c2)OC(F)(F)O3)ccn1. The molecule has 11 heteroatoms. The number of alkyl halides is 2. The Morgan fingerprint density at radius 2 is 1.81 bits per heavy atom. The third-order valence-corrected chi connectivity index (χ3v) is 5.25. The normalized spacial score (nSPS) is 13.2. The van der Waals surface area contributed by atoms with E-state index in [-0.39, 0.29) is 28.8 Å². The highest BCUT2D eigenvalue weighted by Crippen LogP contribution is 2.42. The Balaban J connectivity index is 1.37. The topological polar surface area (TPSA) is 111 Å². The van der Waals surface area contributed by atoms with Crippen molar-refractivity contribution in [2.24, 2.45) is 0 Å². The lowest BCUT2D eigenvalue weighted by molar-refractivity contribution is -0.286. The third kappa shape index (κ3) is 6.91. The molecule has 9 nitrogen and oxygen atoms in total. The second-order valence-electron chi connectivity index (χ2n) is 8.10. The van der Waals surface area contributed by atoms with Crippen molar-refractivity contribution in [3.63, 3.8) is 0 Å². The van der Waals surface area contributed by atoms with Crippen LogP contribution in [0.3, 0.4) is 0 Å². The largest absolute Gasteiger partial charge is 0.586 e. The van der Waals surface area contributed by atoms with E-state index in [1.165, 1.54) is 18.2 Å². The average molecular weight is 513 g/mol. The number of carbonyl (C=O) groups is 2. The summed E-state index contributed by atoms with van der Waals surface area (Å²) < 4.78 is 40.7. The van der Waals surface area contributed by atoms with E-state index in [9.17, 15) is 18.4 Å². The van der Waals surface area contributed by atoms with Gasteiger partial charge in [0.25, 0.3) is 11.8 Å². The second-order valence-corrected chi connectivity index (χ2v) is 8.10. The van der Waals surface area contributed by atoms with Gasteiger partial charge in [0.05, 0.1) is 12.2 Å². The Kier molecular flexibility index (Phi) is 8.14. The standard InChI is InChI=1S/C26H26F2N4O5/c1-2-12-35-13-11-30-25(34)21-14-17(9-10-29-21)16-31-20-6-4-3-5-19(20)24(33)32-18-7-8-22-23(15-18)37-26(27,28)36-22/h3-10,14-15,31H,2,11-13,16H2,1H3,(H,30,34)(H,32,33). The first-order chi connectivity index (χ1) is 17.8. The van der Waals surface area contributed by atoms with Gasteiger partial charge in [0, 0.05) is 43.3 Å². The van der Waals surface area contributed by atoms with E-state index in [0.29, 0.717) is 37.6 Å². The van der Waals surface area contributed by atoms with Gasteiger partial charge in [-0.15, -0.1) is 8.78 Å². The van der Waals surface area contributed by atoms with E-state index < -0.39 is 12.2 Å². The van der Waals surface area contributed by atoms with Crippen LogP contribution < -0.4 is 25.4 Å². The van der Waals surface area contributed by atoms with Crippen molar-refractivity contribution >= 4 is 23.2 Å². The molecular weight excluding hydrogens is 486 g/mol. The molecular formula is C26H26F2N4O5. The maximum Gasteiger partial charge on any atom is 0.586 e. The quantitative estimate of drug-likeness (QED) is 0.326. The molecule has 0 aliphatic carbocycles. The molecule has 1 aliphatic heterocycles. The molecule has 37 heavy (non-hydrogen) atoms. The van der Waals surface area contributed by atoms with Gasteiger partial charge in [0.2, 0.25) is 0 Å². The number of fused-ring (bicyclic) bond motifs is 1. The number of para-hydroxylation sites is 1. The first-order valence-electron chi connectivity index (χ1n) is 11.7. The minimum absolute atomic E-state index is 0.111. The van der Waals surface area contributed by atoms with E-state index in [2.05, 4.69) is 30.4 Å².